The number of hydrogen-bond donors (Lipinski definition) is 1. The van der Waals surface area contributed by atoms with Crippen LogP contribution in [0.5, 0.6) is 0 Å². The van der Waals surface area contributed by atoms with Gasteiger partial charge in [0.15, 0.2) is 0 Å². The van der Waals surface area contributed by atoms with Crippen LogP contribution in [0.2, 0.25) is 0 Å². The molecule has 0 aliphatic heterocycles. The van der Waals surface area contributed by atoms with Crippen LogP contribution >= 0.6 is 22.7 Å². The van der Waals surface area contributed by atoms with Crippen LogP contribution in [0.4, 0.5) is 0 Å². The van der Waals surface area contributed by atoms with E-state index in [9.17, 15) is 0 Å². The molecule has 1 aliphatic rings. The smallest absolute Gasteiger partial charge is 0.0385 e. The van der Waals surface area contributed by atoms with E-state index in [1.54, 1.807) is 0 Å². The molecule has 0 fully saturated rings. The molecular formula is C15H17NS2. The Morgan fingerprint density at radius 1 is 1.11 bits per heavy atom. The molecule has 1 aliphatic carbocycles. The van der Waals surface area contributed by atoms with Crippen LogP contribution in [-0.4, -0.2) is 13.6 Å². The van der Waals surface area contributed by atoms with E-state index in [4.69, 9.17) is 0 Å². The minimum Gasteiger partial charge on any atom is -0.319 e. The van der Waals surface area contributed by atoms with Gasteiger partial charge in [-0.25, -0.2) is 0 Å². The maximum atomic E-state index is 3.22. The van der Waals surface area contributed by atoms with Gasteiger partial charge in [-0.2, -0.15) is 0 Å². The minimum atomic E-state index is 1.05. The van der Waals surface area contributed by atoms with E-state index >= 15 is 0 Å². The second-order valence-corrected chi connectivity index (χ2v) is 6.39. The maximum Gasteiger partial charge on any atom is 0.0385 e. The topological polar surface area (TPSA) is 12.0 Å². The van der Waals surface area contributed by atoms with Crippen molar-refractivity contribution in [2.24, 2.45) is 0 Å². The fourth-order valence-corrected chi connectivity index (χ4v) is 4.53. The van der Waals surface area contributed by atoms with Crippen LogP contribution in [0, 0.1) is 0 Å². The maximum absolute atomic E-state index is 3.22. The summed E-state index contributed by atoms with van der Waals surface area (Å²) in [4.78, 5) is 2.99. The third kappa shape index (κ3) is 2.18. The molecule has 0 radical (unpaired) electrons. The molecule has 2 aromatic rings. The molecule has 2 aromatic heterocycles. The highest BCUT2D eigenvalue weighted by molar-refractivity contribution is 7.14. The SMILES string of the molecule is CNCCC=C1c2sccc2CCc2ccsc21. The Morgan fingerprint density at radius 3 is 2.28 bits per heavy atom. The summed E-state index contributed by atoms with van der Waals surface area (Å²) in [5.74, 6) is 0. The van der Waals surface area contributed by atoms with Gasteiger partial charge < -0.3 is 5.32 Å². The molecule has 0 atom stereocenters. The van der Waals surface area contributed by atoms with Gasteiger partial charge in [0.25, 0.3) is 0 Å². The van der Waals surface area contributed by atoms with Crippen molar-refractivity contribution in [2.45, 2.75) is 19.3 Å². The van der Waals surface area contributed by atoms with E-state index in [0.29, 0.717) is 0 Å². The Balaban J connectivity index is 2.05. The van der Waals surface area contributed by atoms with Crippen molar-refractivity contribution in [1.29, 1.82) is 0 Å². The second-order valence-electron chi connectivity index (χ2n) is 4.56. The van der Waals surface area contributed by atoms with Crippen molar-refractivity contribution in [3.63, 3.8) is 0 Å². The minimum absolute atomic E-state index is 1.05. The molecule has 94 valence electrons. The number of fused-ring (bicyclic) bond motifs is 2. The highest BCUT2D eigenvalue weighted by atomic mass is 32.1. The number of thiophene rings is 2. The Morgan fingerprint density at radius 2 is 1.72 bits per heavy atom. The molecule has 0 bridgehead atoms. The number of aryl methyl sites for hydroxylation is 2. The molecule has 0 saturated heterocycles. The summed E-state index contributed by atoms with van der Waals surface area (Å²) < 4.78 is 0. The van der Waals surface area contributed by atoms with E-state index in [0.717, 1.165) is 13.0 Å². The van der Waals surface area contributed by atoms with Crippen LogP contribution in [0.25, 0.3) is 5.57 Å². The third-order valence-corrected chi connectivity index (χ3v) is 5.37. The lowest BCUT2D eigenvalue weighted by Crippen LogP contribution is -2.06. The first-order valence-corrected chi connectivity index (χ1v) is 8.14. The molecule has 3 rings (SSSR count). The van der Waals surface area contributed by atoms with E-state index in [2.05, 4.69) is 34.3 Å². The van der Waals surface area contributed by atoms with Gasteiger partial charge in [0, 0.05) is 15.3 Å². The van der Waals surface area contributed by atoms with Crippen molar-refractivity contribution in [1.82, 2.24) is 5.32 Å². The van der Waals surface area contributed by atoms with Gasteiger partial charge in [-0.1, -0.05) is 6.08 Å². The molecule has 1 N–H and O–H groups in total. The molecular weight excluding hydrogens is 258 g/mol. The highest BCUT2D eigenvalue weighted by Gasteiger charge is 2.19. The average Bonchev–Trinajstić information content (AvgIpc) is 3.00. The van der Waals surface area contributed by atoms with Crippen LogP contribution in [0.3, 0.4) is 0 Å². The van der Waals surface area contributed by atoms with E-state index in [1.807, 2.05) is 29.7 Å². The quantitative estimate of drug-likeness (QED) is 0.836. The summed E-state index contributed by atoms with van der Waals surface area (Å²) in [7, 11) is 2.01. The summed E-state index contributed by atoms with van der Waals surface area (Å²) in [6.45, 7) is 1.05. The van der Waals surface area contributed by atoms with Crippen LogP contribution in [0.1, 0.15) is 27.3 Å². The predicted molar refractivity (Wildman–Crippen MR) is 81.7 cm³/mol. The number of hydrogen-bond acceptors (Lipinski definition) is 3. The van der Waals surface area contributed by atoms with E-state index < -0.39 is 0 Å². The summed E-state index contributed by atoms with van der Waals surface area (Å²) in [5, 5.41) is 7.68. The van der Waals surface area contributed by atoms with Crippen molar-refractivity contribution in [3.8, 4) is 0 Å². The van der Waals surface area contributed by atoms with Gasteiger partial charge in [-0.3, -0.25) is 0 Å². The molecule has 3 heteroatoms. The van der Waals surface area contributed by atoms with Crippen LogP contribution in [-0.2, 0) is 12.8 Å². The van der Waals surface area contributed by atoms with E-state index in [1.165, 1.54) is 39.3 Å². The molecule has 2 heterocycles. The summed E-state index contributed by atoms with van der Waals surface area (Å²) in [6.07, 6.45) is 5.88. The zero-order valence-corrected chi connectivity index (χ0v) is 12.2. The zero-order chi connectivity index (χ0) is 12.4. The molecule has 0 spiro atoms. The van der Waals surface area contributed by atoms with Crippen molar-refractivity contribution >= 4 is 28.2 Å². The zero-order valence-electron chi connectivity index (χ0n) is 10.5. The first kappa shape index (κ1) is 12.2. The summed E-state index contributed by atoms with van der Waals surface area (Å²) in [5.41, 5.74) is 4.52. The summed E-state index contributed by atoms with van der Waals surface area (Å²) >= 11 is 3.78. The lowest BCUT2D eigenvalue weighted by molar-refractivity contribution is 0.808. The largest absolute Gasteiger partial charge is 0.319 e. The normalized spacial score (nSPS) is 13.9. The fraction of sp³-hybridized carbons (Fsp3) is 0.333. The number of nitrogens with one attached hydrogen (secondary N) is 1. The molecule has 0 amide bonds. The van der Waals surface area contributed by atoms with E-state index in [-0.39, 0.29) is 0 Å². The van der Waals surface area contributed by atoms with Gasteiger partial charge >= 0.3 is 0 Å². The Kier molecular flexibility index (Phi) is 3.64. The van der Waals surface area contributed by atoms with Crippen molar-refractivity contribution < 1.29 is 0 Å². The second kappa shape index (κ2) is 5.39. The molecule has 0 unspecified atom stereocenters. The van der Waals surface area contributed by atoms with Gasteiger partial charge in [-0.15, -0.1) is 22.7 Å². The predicted octanol–water partition coefficient (Wildman–Crippen LogP) is 3.95. The molecule has 1 nitrogen and oxygen atoms in total. The fourth-order valence-electron chi connectivity index (χ4n) is 2.46. The van der Waals surface area contributed by atoms with Crippen LogP contribution in [0.15, 0.2) is 29.0 Å². The first-order valence-electron chi connectivity index (χ1n) is 6.38. The lowest BCUT2D eigenvalue weighted by Gasteiger charge is -2.05. The monoisotopic (exact) mass is 275 g/mol. The lowest BCUT2D eigenvalue weighted by atomic mass is 10.1. The highest BCUT2D eigenvalue weighted by Crippen LogP contribution is 2.39. The van der Waals surface area contributed by atoms with Crippen molar-refractivity contribution in [3.05, 3.63) is 49.9 Å². The molecule has 18 heavy (non-hydrogen) atoms. The Bertz CT molecular complexity index is 518. The Hall–Kier alpha value is -0.900. The van der Waals surface area contributed by atoms with Gasteiger partial charge in [0.05, 0.1) is 0 Å². The summed E-state index contributed by atoms with van der Waals surface area (Å²) in [6, 6.07) is 4.59. The first-order chi connectivity index (χ1) is 8.90. The Labute approximate surface area is 116 Å². The van der Waals surface area contributed by atoms with Gasteiger partial charge in [0.2, 0.25) is 0 Å². The average molecular weight is 275 g/mol. The molecule has 0 aromatic carbocycles. The van der Waals surface area contributed by atoms with Gasteiger partial charge in [-0.05, 0) is 66.9 Å². The third-order valence-electron chi connectivity index (χ3n) is 3.39. The molecule has 0 saturated carbocycles. The van der Waals surface area contributed by atoms with Crippen molar-refractivity contribution in [2.75, 3.05) is 13.6 Å². The van der Waals surface area contributed by atoms with Crippen LogP contribution < -0.4 is 5.32 Å². The number of rotatable bonds is 3. The standard InChI is InChI=1S/C15H17NS2/c1-16-8-2-3-13-14-11(6-9-17-14)4-5-12-7-10-18-15(12)13/h3,6-7,9-10,16H,2,4-5,8H2,1H3. The van der Waals surface area contributed by atoms with Gasteiger partial charge in [0.1, 0.15) is 0 Å².